The Bertz CT molecular complexity index is 381. The maximum absolute atomic E-state index is 11.6. The molecule has 1 rings (SSSR count). The third-order valence-electron chi connectivity index (χ3n) is 5.00. The lowest BCUT2D eigenvalue weighted by molar-refractivity contribution is -0.147. The second kappa shape index (κ2) is 6.95. The van der Waals surface area contributed by atoms with Crippen molar-refractivity contribution < 1.29 is 9.90 Å². The lowest BCUT2D eigenvalue weighted by Gasteiger charge is -2.43. The first kappa shape index (κ1) is 16.8. The fourth-order valence-corrected chi connectivity index (χ4v) is 3.04. The van der Waals surface area contributed by atoms with Gasteiger partial charge in [0.1, 0.15) is 5.54 Å². The zero-order valence-electron chi connectivity index (χ0n) is 12.7. The molecule has 20 heavy (non-hydrogen) atoms. The summed E-state index contributed by atoms with van der Waals surface area (Å²) in [6.07, 6.45) is 4.27. The molecule has 0 saturated heterocycles. The van der Waals surface area contributed by atoms with Crippen LogP contribution in [0.3, 0.4) is 0 Å². The smallest absolute Gasteiger partial charge is 0.323 e. The number of carboxylic acids is 1. The van der Waals surface area contributed by atoms with Gasteiger partial charge in [-0.2, -0.15) is 0 Å². The minimum atomic E-state index is -0.842. The number of carboxylic acid groups (broad SMARTS) is 1. The average molecular weight is 282 g/mol. The summed E-state index contributed by atoms with van der Waals surface area (Å²) in [6, 6.07) is 0. The molecule has 6 heteroatoms. The van der Waals surface area contributed by atoms with Gasteiger partial charge in [-0.15, -0.1) is 0 Å². The first-order valence-corrected chi connectivity index (χ1v) is 7.37. The zero-order chi connectivity index (χ0) is 15.2. The van der Waals surface area contributed by atoms with E-state index in [1.54, 1.807) is 0 Å². The normalized spacial score (nSPS) is 26.9. The molecular weight excluding hydrogens is 256 g/mol. The average Bonchev–Trinajstić information content (AvgIpc) is 2.44. The van der Waals surface area contributed by atoms with Crippen LogP contribution in [0.4, 0.5) is 0 Å². The first-order chi connectivity index (χ1) is 9.38. The predicted octanol–water partition coefficient (Wildman–Crippen LogP) is 3.34. The molecule has 1 aliphatic rings. The highest BCUT2D eigenvalue weighted by Crippen LogP contribution is 2.43. The van der Waals surface area contributed by atoms with Crippen LogP contribution in [-0.4, -0.2) is 29.7 Å². The number of rotatable bonds is 7. The lowest BCUT2D eigenvalue weighted by atomic mass is 9.65. The fourth-order valence-electron chi connectivity index (χ4n) is 3.04. The first-order valence-electron chi connectivity index (χ1n) is 7.37. The van der Waals surface area contributed by atoms with Crippen LogP contribution < -0.4 is 5.32 Å². The van der Waals surface area contributed by atoms with Crippen LogP contribution in [0.25, 0.3) is 10.4 Å². The summed E-state index contributed by atoms with van der Waals surface area (Å²) < 4.78 is 0. The summed E-state index contributed by atoms with van der Waals surface area (Å²) in [5, 5.41) is 16.1. The molecular formula is C14H26N4O2. The van der Waals surface area contributed by atoms with Crippen LogP contribution in [-0.2, 0) is 4.79 Å². The van der Waals surface area contributed by atoms with Crippen molar-refractivity contribution in [2.24, 2.45) is 16.4 Å². The van der Waals surface area contributed by atoms with E-state index in [9.17, 15) is 9.90 Å². The van der Waals surface area contributed by atoms with Gasteiger partial charge in [0.05, 0.1) is 0 Å². The molecule has 0 aliphatic heterocycles. The molecule has 0 heterocycles. The second-order valence-electron chi connectivity index (χ2n) is 6.38. The van der Waals surface area contributed by atoms with Gasteiger partial charge in [0.15, 0.2) is 0 Å². The Balaban J connectivity index is 2.63. The van der Waals surface area contributed by atoms with Gasteiger partial charge in [-0.1, -0.05) is 32.3 Å². The molecule has 1 aliphatic carbocycles. The standard InChI is InChI=1S/C14H26N4O2/c1-4-13(2,3)11-5-7-14(8-6-11,12(19)20)16-9-10-17-18-15/h11,16H,4-10H2,1-3H3,(H,19,20). The molecule has 1 saturated carbocycles. The van der Waals surface area contributed by atoms with Crippen molar-refractivity contribution in [2.45, 2.75) is 58.4 Å². The van der Waals surface area contributed by atoms with Gasteiger partial charge >= 0.3 is 5.97 Å². The summed E-state index contributed by atoms with van der Waals surface area (Å²) >= 11 is 0. The van der Waals surface area contributed by atoms with E-state index in [1.165, 1.54) is 0 Å². The number of hydrogen-bond donors (Lipinski definition) is 2. The van der Waals surface area contributed by atoms with Crippen molar-refractivity contribution in [2.75, 3.05) is 13.1 Å². The molecule has 0 aromatic heterocycles. The van der Waals surface area contributed by atoms with Gasteiger partial charge in [-0.25, -0.2) is 0 Å². The number of nitrogens with zero attached hydrogens (tertiary/aromatic N) is 3. The Morgan fingerprint density at radius 1 is 1.50 bits per heavy atom. The molecule has 0 aromatic rings. The van der Waals surface area contributed by atoms with E-state index in [0.29, 0.717) is 25.3 Å². The Morgan fingerprint density at radius 2 is 2.10 bits per heavy atom. The van der Waals surface area contributed by atoms with E-state index >= 15 is 0 Å². The highest BCUT2D eigenvalue weighted by atomic mass is 16.4. The van der Waals surface area contributed by atoms with E-state index in [1.807, 2.05) is 0 Å². The molecule has 6 nitrogen and oxygen atoms in total. The summed E-state index contributed by atoms with van der Waals surface area (Å²) in [6.45, 7) is 7.42. The van der Waals surface area contributed by atoms with Crippen molar-refractivity contribution in [3.05, 3.63) is 10.4 Å². The summed E-state index contributed by atoms with van der Waals surface area (Å²) in [7, 11) is 0. The van der Waals surface area contributed by atoms with E-state index in [0.717, 1.165) is 19.3 Å². The highest BCUT2D eigenvalue weighted by molar-refractivity contribution is 5.78. The Morgan fingerprint density at radius 3 is 2.55 bits per heavy atom. The van der Waals surface area contributed by atoms with Crippen LogP contribution in [0, 0.1) is 11.3 Å². The maximum atomic E-state index is 11.6. The molecule has 0 atom stereocenters. The van der Waals surface area contributed by atoms with Crippen LogP contribution in [0.5, 0.6) is 0 Å². The molecule has 2 N–H and O–H groups in total. The van der Waals surface area contributed by atoms with Gasteiger partial charge in [-0.05, 0) is 42.5 Å². The number of hydrogen-bond acceptors (Lipinski definition) is 3. The van der Waals surface area contributed by atoms with Gasteiger partial charge in [0, 0.05) is 18.0 Å². The summed E-state index contributed by atoms with van der Waals surface area (Å²) in [5.74, 6) is -0.204. The quantitative estimate of drug-likeness (QED) is 0.324. The van der Waals surface area contributed by atoms with E-state index in [-0.39, 0.29) is 12.0 Å². The van der Waals surface area contributed by atoms with Crippen molar-refractivity contribution in [1.29, 1.82) is 0 Å². The monoisotopic (exact) mass is 282 g/mol. The molecule has 0 spiro atoms. The predicted molar refractivity (Wildman–Crippen MR) is 78.4 cm³/mol. The van der Waals surface area contributed by atoms with E-state index in [2.05, 4.69) is 36.1 Å². The highest BCUT2D eigenvalue weighted by Gasteiger charge is 2.44. The molecule has 0 radical (unpaired) electrons. The number of aliphatic carboxylic acids is 1. The lowest BCUT2D eigenvalue weighted by Crippen LogP contribution is -2.55. The van der Waals surface area contributed by atoms with Crippen LogP contribution >= 0.6 is 0 Å². The summed E-state index contributed by atoms with van der Waals surface area (Å²) in [5.41, 5.74) is 7.67. The SMILES string of the molecule is CCC(C)(C)C1CCC(NCCN=[N+]=[N-])(C(=O)O)CC1. The van der Waals surface area contributed by atoms with Crippen molar-refractivity contribution in [3.8, 4) is 0 Å². The van der Waals surface area contributed by atoms with E-state index < -0.39 is 11.5 Å². The summed E-state index contributed by atoms with van der Waals surface area (Å²) in [4.78, 5) is 14.3. The van der Waals surface area contributed by atoms with Crippen molar-refractivity contribution in [3.63, 3.8) is 0 Å². The van der Waals surface area contributed by atoms with Gasteiger partial charge in [-0.3, -0.25) is 4.79 Å². The molecule has 0 aromatic carbocycles. The Labute approximate surface area is 120 Å². The topological polar surface area (TPSA) is 98.1 Å². The zero-order valence-corrected chi connectivity index (χ0v) is 12.7. The fraction of sp³-hybridized carbons (Fsp3) is 0.929. The molecule has 0 unspecified atom stereocenters. The van der Waals surface area contributed by atoms with Crippen molar-refractivity contribution >= 4 is 5.97 Å². The minimum absolute atomic E-state index is 0.274. The van der Waals surface area contributed by atoms with Gasteiger partial charge in [0.2, 0.25) is 0 Å². The third-order valence-corrected chi connectivity index (χ3v) is 5.00. The molecule has 0 bridgehead atoms. The number of nitrogens with one attached hydrogen (secondary N) is 1. The molecule has 1 fully saturated rings. The Hall–Kier alpha value is -1.26. The third kappa shape index (κ3) is 3.87. The Kier molecular flexibility index (Phi) is 5.84. The van der Waals surface area contributed by atoms with Crippen LogP contribution in [0.2, 0.25) is 0 Å². The van der Waals surface area contributed by atoms with Crippen molar-refractivity contribution in [1.82, 2.24) is 5.32 Å². The van der Waals surface area contributed by atoms with Gasteiger partial charge in [0.25, 0.3) is 0 Å². The van der Waals surface area contributed by atoms with Crippen LogP contribution in [0.15, 0.2) is 5.11 Å². The second-order valence-corrected chi connectivity index (χ2v) is 6.38. The largest absolute Gasteiger partial charge is 0.480 e. The number of carbonyl (C=O) groups is 1. The van der Waals surface area contributed by atoms with E-state index in [4.69, 9.17) is 5.53 Å². The van der Waals surface area contributed by atoms with Gasteiger partial charge < -0.3 is 10.4 Å². The molecule has 0 amide bonds. The van der Waals surface area contributed by atoms with Crippen LogP contribution in [0.1, 0.15) is 52.9 Å². The maximum Gasteiger partial charge on any atom is 0.323 e. The molecule has 114 valence electrons. The number of azide groups is 1. The minimum Gasteiger partial charge on any atom is -0.480 e.